The van der Waals surface area contributed by atoms with Gasteiger partial charge in [-0.05, 0) is 40.8 Å². The van der Waals surface area contributed by atoms with Gasteiger partial charge < -0.3 is 5.32 Å². The summed E-state index contributed by atoms with van der Waals surface area (Å²) in [7, 11) is -3.59. The predicted molar refractivity (Wildman–Crippen MR) is 111 cm³/mol. The Balaban J connectivity index is 2.10. The Morgan fingerprint density at radius 1 is 1.04 bits per heavy atom. The summed E-state index contributed by atoms with van der Waals surface area (Å²) < 4.78 is 25.5. The van der Waals surface area contributed by atoms with Crippen LogP contribution in [0.15, 0.2) is 48.5 Å². The number of amides is 1. The second-order valence-corrected chi connectivity index (χ2v) is 9.81. The zero-order chi connectivity index (χ0) is 20.2. The van der Waals surface area contributed by atoms with Crippen molar-refractivity contribution in [2.75, 3.05) is 17.1 Å². The summed E-state index contributed by atoms with van der Waals surface area (Å²) >= 11 is 5.84. The number of carbonyl (C=O) groups excluding carboxylic acids is 1. The van der Waals surface area contributed by atoms with E-state index in [-0.39, 0.29) is 17.9 Å². The van der Waals surface area contributed by atoms with Crippen LogP contribution in [-0.2, 0) is 26.8 Å². The fraction of sp³-hybridized carbons (Fsp3) is 0.350. The predicted octanol–water partition coefficient (Wildman–Crippen LogP) is 3.72. The van der Waals surface area contributed by atoms with Gasteiger partial charge in [-0.15, -0.1) is 0 Å². The summed E-state index contributed by atoms with van der Waals surface area (Å²) in [6.07, 6.45) is 1.09. The van der Waals surface area contributed by atoms with E-state index < -0.39 is 10.0 Å². The quantitative estimate of drug-likeness (QED) is 0.792. The van der Waals surface area contributed by atoms with Gasteiger partial charge in [-0.1, -0.05) is 56.6 Å². The van der Waals surface area contributed by atoms with Gasteiger partial charge in [0.2, 0.25) is 15.9 Å². The number of halogens is 1. The van der Waals surface area contributed by atoms with Crippen LogP contribution in [0.2, 0.25) is 5.02 Å². The van der Waals surface area contributed by atoms with E-state index in [2.05, 4.69) is 26.1 Å². The van der Waals surface area contributed by atoms with Gasteiger partial charge in [0.1, 0.15) is 6.54 Å². The fourth-order valence-electron chi connectivity index (χ4n) is 2.52. The molecule has 1 N–H and O–H groups in total. The minimum Gasteiger partial charge on any atom is -0.350 e. The number of rotatable bonds is 6. The molecule has 0 aliphatic rings. The van der Waals surface area contributed by atoms with E-state index in [1.165, 1.54) is 0 Å². The molecular formula is C20H25ClN2O3S. The highest BCUT2D eigenvalue weighted by atomic mass is 35.5. The van der Waals surface area contributed by atoms with Gasteiger partial charge in [0.25, 0.3) is 0 Å². The standard InChI is InChI=1S/C20H25ClN2O3S/c1-20(2,3)16-7-11-18(12-8-16)23(27(4,25)26)14-19(24)22-13-15-5-9-17(21)10-6-15/h5-12H,13-14H2,1-4H3,(H,22,24). The first-order valence-electron chi connectivity index (χ1n) is 8.56. The van der Waals surface area contributed by atoms with Gasteiger partial charge >= 0.3 is 0 Å². The van der Waals surface area contributed by atoms with E-state index in [1.54, 1.807) is 24.3 Å². The largest absolute Gasteiger partial charge is 0.350 e. The SMILES string of the molecule is CC(C)(C)c1ccc(N(CC(=O)NCc2ccc(Cl)cc2)S(C)(=O)=O)cc1. The summed E-state index contributed by atoms with van der Waals surface area (Å²) in [6.45, 7) is 6.28. The highest BCUT2D eigenvalue weighted by Crippen LogP contribution is 2.25. The van der Waals surface area contributed by atoms with Crippen molar-refractivity contribution in [3.63, 3.8) is 0 Å². The third-order valence-corrected chi connectivity index (χ3v) is 5.50. The third kappa shape index (κ3) is 6.26. The Morgan fingerprint density at radius 3 is 2.07 bits per heavy atom. The smallest absolute Gasteiger partial charge is 0.241 e. The molecule has 0 aliphatic carbocycles. The average molecular weight is 409 g/mol. The number of carbonyl (C=O) groups is 1. The van der Waals surface area contributed by atoms with Gasteiger partial charge in [0.05, 0.1) is 11.9 Å². The molecule has 2 rings (SSSR count). The van der Waals surface area contributed by atoms with E-state index in [1.807, 2.05) is 24.3 Å². The molecule has 0 aliphatic heterocycles. The molecule has 0 bridgehead atoms. The first kappa shape index (κ1) is 21.3. The summed E-state index contributed by atoms with van der Waals surface area (Å²) in [6, 6.07) is 14.3. The Kier molecular flexibility index (Phi) is 6.54. The molecule has 1 amide bonds. The fourth-order valence-corrected chi connectivity index (χ4v) is 3.50. The molecule has 0 radical (unpaired) electrons. The van der Waals surface area contributed by atoms with Crippen LogP contribution in [-0.4, -0.2) is 27.1 Å². The molecule has 7 heteroatoms. The van der Waals surface area contributed by atoms with Crippen LogP contribution in [0.3, 0.4) is 0 Å². The maximum absolute atomic E-state index is 12.3. The highest BCUT2D eigenvalue weighted by molar-refractivity contribution is 7.92. The molecule has 0 unspecified atom stereocenters. The van der Waals surface area contributed by atoms with E-state index in [9.17, 15) is 13.2 Å². The van der Waals surface area contributed by atoms with Crippen LogP contribution in [0.4, 0.5) is 5.69 Å². The second-order valence-electron chi connectivity index (χ2n) is 7.47. The van der Waals surface area contributed by atoms with E-state index in [0.29, 0.717) is 17.3 Å². The molecular weight excluding hydrogens is 384 g/mol. The van der Waals surface area contributed by atoms with Crippen molar-refractivity contribution < 1.29 is 13.2 Å². The van der Waals surface area contributed by atoms with Crippen LogP contribution in [0.25, 0.3) is 0 Å². The van der Waals surface area contributed by atoms with Crippen LogP contribution < -0.4 is 9.62 Å². The maximum atomic E-state index is 12.3. The molecule has 2 aromatic rings. The van der Waals surface area contributed by atoms with Crippen molar-refractivity contribution in [3.8, 4) is 0 Å². The van der Waals surface area contributed by atoms with Crippen LogP contribution in [0.5, 0.6) is 0 Å². The summed E-state index contributed by atoms with van der Waals surface area (Å²) in [5, 5.41) is 3.36. The number of benzene rings is 2. The Labute approximate surface area is 166 Å². The van der Waals surface area contributed by atoms with Gasteiger partial charge in [-0.25, -0.2) is 8.42 Å². The molecule has 0 fully saturated rings. The minimum absolute atomic E-state index is 0.0373. The lowest BCUT2D eigenvalue weighted by molar-refractivity contribution is -0.119. The molecule has 0 aromatic heterocycles. The zero-order valence-electron chi connectivity index (χ0n) is 16.0. The van der Waals surface area contributed by atoms with Gasteiger partial charge in [-0.2, -0.15) is 0 Å². The molecule has 0 atom stereocenters. The monoisotopic (exact) mass is 408 g/mol. The van der Waals surface area contributed by atoms with E-state index >= 15 is 0 Å². The van der Waals surface area contributed by atoms with Gasteiger partial charge in [-0.3, -0.25) is 9.10 Å². The Hall–Kier alpha value is -2.05. The molecule has 0 heterocycles. The Morgan fingerprint density at radius 2 is 1.59 bits per heavy atom. The van der Waals surface area contributed by atoms with Crippen molar-refractivity contribution in [2.24, 2.45) is 0 Å². The number of sulfonamides is 1. The van der Waals surface area contributed by atoms with Crippen LogP contribution >= 0.6 is 11.6 Å². The van der Waals surface area contributed by atoms with E-state index in [0.717, 1.165) is 21.7 Å². The van der Waals surface area contributed by atoms with E-state index in [4.69, 9.17) is 11.6 Å². The summed E-state index contributed by atoms with van der Waals surface area (Å²) in [5.74, 6) is -0.379. The van der Waals surface area contributed by atoms with Crippen molar-refractivity contribution in [2.45, 2.75) is 32.7 Å². The maximum Gasteiger partial charge on any atom is 0.241 e. The van der Waals surface area contributed by atoms with Crippen molar-refractivity contribution in [1.82, 2.24) is 5.32 Å². The number of anilines is 1. The summed E-state index contributed by atoms with van der Waals surface area (Å²) in [4.78, 5) is 12.3. The average Bonchev–Trinajstić information content (AvgIpc) is 2.57. The Bertz CT molecular complexity index is 886. The second kappa shape index (κ2) is 8.31. The van der Waals surface area contributed by atoms with Gasteiger partial charge in [0, 0.05) is 11.6 Å². The number of nitrogens with one attached hydrogen (secondary N) is 1. The normalized spacial score (nSPS) is 11.9. The lowest BCUT2D eigenvalue weighted by Gasteiger charge is -2.24. The molecule has 2 aromatic carbocycles. The lowest BCUT2D eigenvalue weighted by Crippen LogP contribution is -2.40. The number of hydrogen-bond donors (Lipinski definition) is 1. The first-order valence-corrected chi connectivity index (χ1v) is 10.8. The molecule has 27 heavy (non-hydrogen) atoms. The van der Waals surface area contributed by atoms with Crippen molar-refractivity contribution >= 4 is 33.2 Å². The molecule has 0 spiro atoms. The van der Waals surface area contributed by atoms with Crippen LogP contribution in [0, 0.1) is 0 Å². The molecule has 5 nitrogen and oxygen atoms in total. The minimum atomic E-state index is -3.59. The zero-order valence-corrected chi connectivity index (χ0v) is 17.6. The third-order valence-electron chi connectivity index (χ3n) is 4.11. The summed E-state index contributed by atoms with van der Waals surface area (Å²) in [5.41, 5.74) is 2.40. The molecule has 0 saturated heterocycles. The van der Waals surface area contributed by atoms with Crippen molar-refractivity contribution in [3.05, 3.63) is 64.7 Å². The van der Waals surface area contributed by atoms with Gasteiger partial charge in [0.15, 0.2) is 0 Å². The molecule has 0 saturated carbocycles. The lowest BCUT2D eigenvalue weighted by atomic mass is 9.87. The molecule has 146 valence electrons. The number of nitrogens with zero attached hydrogens (tertiary/aromatic N) is 1. The van der Waals surface area contributed by atoms with Crippen LogP contribution in [0.1, 0.15) is 31.9 Å². The van der Waals surface area contributed by atoms with Crippen molar-refractivity contribution in [1.29, 1.82) is 0 Å². The highest BCUT2D eigenvalue weighted by Gasteiger charge is 2.21. The first-order chi connectivity index (χ1) is 12.5. The topological polar surface area (TPSA) is 66.5 Å². The number of hydrogen-bond acceptors (Lipinski definition) is 3.